The minimum Gasteiger partial charge on any atom is -0.490 e. The van der Waals surface area contributed by atoms with E-state index in [1.165, 1.54) is 0 Å². The Balaban J connectivity index is 1.23. The van der Waals surface area contributed by atoms with Crippen LogP contribution in [0.5, 0.6) is 5.75 Å². The maximum atomic E-state index is 12.6. The third kappa shape index (κ3) is 5.66. The van der Waals surface area contributed by atoms with Crippen LogP contribution in [0.25, 0.3) is 0 Å². The van der Waals surface area contributed by atoms with Gasteiger partial charge in [-0.05, 0) is 23.8 Å². The monoisotopic (exact) mass is 418 g/mol. The van der Waals surface area contributed by atoms with Crippen molar-refractivity contribution in [1.29, 1.82) is 0 Å². The summed E-state index contributed by atoms with van der Waals surface area (Å²) in [5.74, 6) is 0.638. The Kier molecular flexibility index (Phi) is 6.52. The number of urea groups is 1. The number of para-hydroxylation sites is 1. The SMILES string of the molecule is O=C(NCc1ccccc1)c1cc(NC(=O)N2CCC(Oc3ccccc3)CC2)c[nH]1. The molecule has 3 amide bonds. The maximum Gasteiger partial charge on any atom is 0.321 e. The van der Waals surface area contributed by atoms with Gasteiger partial charge in [0.1, 0.15) is 17.5 Å². The molecule has 0 saturated carbocycles. The average Bonchev–Trinajstić information content (AvgIpc) is 3.28. The summed E-state index contributed by atoms with van der Waals surface area (Å²) in [5.41, 5.74) is 1.99. The van der Waals surface area contributed by atoms with E-state index in [0.29, 0.717) is 31.0 Å². The number of hydrogen-bond acceptors (Lipinski definition) is 3. The molecule has 1 saturated heterocycles. The highest BCUT2D eigenvalue weighted by atomic mass is 16.5. The van der Waals surface area contributed by atoms with Crippen molar-refractivity contribution in [2.24, 2.45) is 0 Å². The lowest BCUT2D eigenvalue weighted by Crippen LogP contribution is -2.43. The lowest BCUT2D eigenvalue weighted by molar-refractivity contribution is 0.0946. The molecule has 0 radical (unpaired) electrons. The van der Waals surface area contributed by atoms with Gasteiger partial charge in [-0.2, -0.15) is 0 Å². The number of aromatic amines is 1. The minimum atomic E-state index is -0.219. The summed E-state index contributed by atoms with van der Waals surface area (Å²) in [5, 5.41) is 5.72. The standard InChI is InChI=1S/C24H26N4O3/c29-23(26-16-18-7-3-1-4-8-18)22-15-19(17-25-22)27-24(30)28-13-11-21(12-14-28)31-20-9-5-2-6-10-20/h1-10,15,17,21,25H,11-14,16H2,(H,26,29)(H,27,30). The Labute approximate surface area is 181 Å². The molecular weight excluding hydrogens is 392 g/mol. The molecule has 7 nitrogen and oxygen atoms in total. The van der Waals surface area contributed by atoms with Crippen molar-refractivity contribution in [3.63, 3.8) is 0 Å². The second-order valence-corrected chi connectivity index (χ2v) is 7.52. The van der Waals surface area contributed by atoms with E-state index in [2.05, 4.69) is 15.6 Å². The first-order valence-electron chi connectivity index (χ1n) is 10.5. The molecule has 0 unspecified atom stereocenters. The van der Waals surface area contributed by atoms with Crippen LogP contribution >= 0.6 is 0 Å². The second-order valence-electron chi connectivity index (χ2n) is 7.52. The smallest absolute Gasteiger partial charge is 0.321 e. The lowest BCUT2D eigenvalue weighted by atomic mass is 10.1. The molecule has 3 aromatic rings. The molecule has 1 fully saturated rings. The summed E-state index contributed by atoms with van der Waals surface area (Å²) >= 11 is 0. The Morgan fingerprint density at radius 1 is 1.00 bits per heavy atom. The molecule has 2 heterocycles. The summed E-state index contributed by atoms with van der Waals surface area (Å²) in [6.07, 6.45) is 3.30. The van der Waals surface area contributed by atoms with Gasteiger partial charge in [0.25, 0.3) is 5.91 Å². The van der Waals surface area contributed by atoms with Crippen molar-refractivity contribution in [3.05, 3.63) is 84.2 Å². The number of H-pyrrole nitrogens is 1. The van der Waals surface area contributed by atoms with Gasteiger partial charge in [0, 0.05) is 38.7 Å². The van der Waals surface area contributed by atoms with E-state index in [0.717, 1.165) is 24.2 Å². The first kappa shape index (κ1) is 20.5. The predicted molar refractivity (Wildman–Crippen MR) is 119 cm³/mol. The number of carbonyl (C=O) groups excluding carboxylic acids is 2. The third-order valence-corrected chi connectivity index (χ3v) is 5.25. The van der Waals surface area contributed by atoms with Crippen LogP contribution in [-0.4, -0.2) is 41.0 Å². The molecule has 4 rings (SSSR count). The molecule has 1 aliphatic heterocycles. The Hall–Kier alpha value is -3.74. The van der Waals surface area contributed by atoms with Gasteiger partial charge in [-0.3, -0.25) is 4.79 Å². The molecule has 0 spiro atoms. The number of carbonyl (C=O) groups is 2. The molecule has 1 aliphatic rings. The molecule has 0 bridgehead atoms. The molecule has 1 aromatic heterocycles. The third-order valence-electron chi connectivity index (χ3n) is 5.25. The Bertz CT molecular complexity index is 996. The van der Waals surface area contributed by atoms with E-state index >= 15 is 0 Å². The van der Waals surface area contributed by atoms with E-state index in [-0.39, 0.29) is 18.0 Å². The number of amides is 3. The van der Waals surface area contributed by atoms with E-state index in [1.54, 1.807) is 17.2 Å². The fourth-order valence-electron chi connectivity index (χ4n) is 3.54. The largest absolute Gasteiger partial charge is 0.490 e. The molecule has 31 heavy (non-hydrogen) atoms. The summed E-state index contributed by atoms with van der Waals surface area (Å²) in [6.45, 7) is 1.69. The van der Waals surface area contributed by atoms with E-state index in [4.69, 9.17) is 4.74 Å². The molecular formula is C24H26N4O3. The number of likely N-dealkylation sites (tertiary alicyclic amines) is 1. The highest BCUT2D eigenvalue weighted by Crippen LogP contribution is 2.19. The first-order chi connectivity index (χ1) is 15.2. The van der Waals surface area contributed by atoms with Crippen LogP contribution in [0.4, 0.5) is 10.5 Å². The van der Waals surface area contributed by atoms with Gasteiger partial charge in [0.05, 0.1) is 5.69 Å². The molecule has 7 heteroatoms. The van der Waals surface area contributed by atoms with Crippen molar-refractivity contribution in [2.75, 3.05) is 18.4 Å². The summed E-state index contributed by atoms with van der Waals surface area (Å²) in [6, 6.07) is 20.9. The highest BCUT2D eigenvalue weighted by molar-refractivity contribution is 5.95. The zero-order valence-corrected chi connectivity index (χ0v) is 17.2. The second kappa shape index (κ2) is 9.84. The first-order valence-corrected chi connectivity index (χ1v) is 10.5. The van der Waals surface area contributed by atoms with E-state index in [1.807, 2.05) is 60.7 Å². The maximum absolute atomic E-state index is 12.6. The number of aromatic nitrogens is 1. The van der Waals surface area contributed by atoms with Crippen molar-refractivity contribution in [3.8, 4) is 5.75 Å². The fraction of sp³-hybridized carbons (Fsp3) is 0.250. The van der Waals surface area contributed by atoms with Crippen molar-refractivity contribution < 1.29 is 14.3 Å². The van der Waals surface area contributed by atoms with Crippen molar-refractivity contribution >= 4 is 17.6 Å². The lowest BCUT2D eigenvalue weighted by Gasteiger charge is -2.32. The average molecular weight is 418 g/mol. The molecule has 160 valence electrons. The van der Waals surface area contributed by atoms with Gasteiger partial charge in [0.15, 0.2) is 0 Å². The number of nitrogens with zero attached hydrogens (tertiary/aromatic N) is 1. The van der Waals surface area contributed by atoms with Gasteiger partial charge in [0.2, 0.25) is 0 Å². The number of nitrogens with one attached hydrogen (secondary N) is 3. The van der Waals surface area contributed by atoms with Gasteiger partial charge >= 0.3 is 6.03 Å². The zero-order chi connectivity index (χ0) is 21.5. The molecule has 0 atom stereocenters. The van der Waals surface area contributed by atoms with Crippen LogP contribution in [0, 0.1) is 0 Å². The van der Waals surface area contributed by atoms with Gasteiger partial charge in [-0.1, -0.05) is 48.5 Å². The highest BCUT2D eigenvalue weighted by Gasteiger charge is 2.24. The van der Waals surface area contributed by atoms with Crippen LogP contribution in [0.15, 0.2) is 72.9 Å². The van der Waals surface area contributed by atoms with Crippen LogP contribution in [0.2, 0.25) is 0 Å². The fourth-order valence-corrected chi connectivity index (χ4v) is 3.54. The van der Waals surface area contributed by atoms with E-state index in [9.17, 15) is 9.59 Å². The Morgan fingerprint density at radius 2 is 1.68 bits per heavy atom. The predicted octanol–water partition coefficient (Wildman–Crippen LogP) is 4.02. The normalized spacial score (nSPS) is 14.1. The van der Waals surface area contributed by atoms with Gasteiger partial charge in [-0.15, -0.1) is 0 Å². The number of rotatable bonds is 6. The van der Waals surface area contributed by atoms with Crippen molar-refractivity contribution in [2.45, 2.75) is 25.5 Å². The van der Waals surface area contributed by atoms with E-state index < -0.39 is 0 Å². The van der Waals surface area contributed by atoms with Crippen molar-refractivity contribution in [1.82, 2.24) is 15.2 Å². The van der Waals surface area contributed by atoms with Crippen LogP contribution < -0.4 is 15.4 Å². The molecule has 2 aromatic carbocycles. The topological polar surface area (TPSA) is 86.5 Å². The minimum absolute atomic E-state index is 0.110. The molecule has 3 N–H and O–H groups in total. The quantitative estimate of drug-likeness (QED) is 0.565. The number of piperidine rings is 1. The van der Waals surface area contributed by atoms with Gasteiger partial charge < -0.3 is 25.3 Å². The number of benzene rings is 2. The molecule has 0 aliphatic carbocycles. The summed E-state index contributed by atoms with van der Waals surface area (Å²) in [7, 11) is 0. The van der Waals surface area contributed by atoms with Crippen LogP contribution in [-0.2, 0) is 6.54 Å². The number of hydrogen-bond donors (Lipinski definition) is 3. The number of anilines is 1. The number of ether oxygens (including phenoxy) is 1. The zero-order valence-electron chi connectivity index (χ0n) is 17.2. The summed E-state index contributed by atoms with van der Waals surface area (Å²) < 4.78 is 5.98. The van der Waals surface area contributed by atoms with Crippen LogP contribution in [0.3, 0.4) is 0 Å². The van der Waals surface area contributed by atoms with Crippen LogP contribution in [0.1, 0.15) is 28.9 Å². The Morgan fingerprint density at radius 3 is 2.39 bits per heavy atom. The van der Waals surface area contributed by atoms with Gasteiger partial charge in [-0.25, -0.2) is 4.79 Å². The summed E-state index contributed by atoms with van der Waals surface area (Å²) in [4.78, 5) is 29.6.